The number of hydrogen-bond acceptors (Lipinski definition) is 18. The van der Waals surface area contributed by atoms with Gasteiger partial charge in [-0.25, -0.2) is 0 Å². The Morgan fingerprint density at radius 2 is 0.824 bits per heavy atom. The highest BCUT2D eigenvalue weighted by Gasteiger charge is 2.53. The standard InChI is InChI=1S/C66H113NO18/c1-3-5-7-9-11-13-15-17-19-21-23-24-26-28-30-32-34-36-38-40-42-44-54(72)67-49(50(71)43-41-39-37-35-33-31-29-27-25-22-20-18-16-14-12-10-8-6-4-2)48-80-64-60(78)57(75)62(52(46-69)82-64)85-66-61(79)58(76)63(53(47-70)83-66)84-65-59(77)56(74)55(73)51(45-68)81-65/h5,7,11,13,17,19,23-24,28,30,33,35,41,43,49-53,55-66,68-71,73-79H,3-4,6,8-10,12,14-16,18,20-22,25-27,29,31-32,34,36-40,42,44-48H2,1-2H3,(H,67,72)/b7-5-,13-11-,19-17-,24-23-,30-28-,35-33+,43-41+. The van der Waals surface area contributed by atoms with Gasteiger partial charge in [0.1, 0.15) is 73.2 Å². The number of allylic oxidation sites excluding steroid dienone is 13. The van der Waals surface area contributed by atoms with Gasteiger partial charge < -0.3 is 89.9 Å². The molecule has 19 heteroatoms. The Morgan fingerprint density at radius 1 is 0.435 bits per heavy atom. The van der Waals surface area contributed by atoms with E-state index in [0.717, 1.165) is 83.5 Å². The van der Waals surface area contributed by atoms with Crippen molar-refractivity contribution in [3.63, 3.8) is 0 Å². The molecule has 0 aromatic rings. The van der Waals surface area contributed by atoms with Gasteiger partial charge in [0.25, 0.3) is 0 Å². The molecule has 0 aliphatic carbocycles. The number of carbonyl (C=O) groups is 1. The van der Waals surface area contributed by atoms with Gasteiger partial charge in [-0.3, -0.25) is 4.79 Å². The molecule has 3 rings (SSSR count). The lowest BCUT2D eigenvalue weighted by atomic mass is 9.96. The minimum absolute atomic E-state index is 0.209. The molecule has 3 fully saturated rings. The molecule has 0 spiro atoms. The van der Waals surface area contributed by atoms with Crippen molar-refractivity contribution in [2.45, 2.75) is 298 Å². The summed E-state index contributed by atoms with van der Waals surface area (Å²) in [5.41, 5.74) is 0. The van der Waals surface area contributed by atoms with Gasteiger partial charge in [0.2, 0.25) is 5.91 Å². The molecule has 490 valence electrons. The Morgan fingerprint density at radius 3 is 1.32 bits per heavy atom. The van der Waals surface area contributed by atoms with Crippen LogP contribution in [0.3, 0.4) is 0 Å². The smallest absolute Gasteiger partial charge is 0.220 e. The minimum atomic E-state index is -1.99. The Bertz CT molecular complexity index is 1880. The van der Waals surface area contributed by atoms with Crippen LogP contribution in [0, 0.1) is 0 Å². The monoisotopic (exact) mass is 1210 g/mol. The molecule has 1 amide bonds. The van der Waals surface area contributed by atoms with Crippen LogP contribution in [-0.2, 0) is 33.2 Å². The van der Waals surface area contributed by atoms with Gasteiger partial charge in [-0.05, 0) is 77.0 Å². The average Bonchev–Trinajstić information content (AvgIpc) is 3.10. The predicted octanol–water partition coefficient (Wildman–Crippen LogP) is 7.15. The molecule has 3 saturated heterocycles. The number of amides is 1. The number of aliphatic hydroxyl groups excluding tert-OH is 11. The zero-order chi connectivity index (χ0) is 61.9. The van der Waals surface area contributed by atoms with Crippen LogP contribution >= 0.6 is 0 Å². The van der Waals surface area contributed by atoms with Crippen molar-refractivity contribution in [1.82, 2.24) is 5.32 Å². The summed E-state index contributed by atoms with van der Waals surface area (Å²) in [4.78, 5) is 13.4. The molecule has 12 N–H and O–H groups in total. The van der Waals surface area contributed by atoms with Gasteiger partial charge in [-0.15, -0.1) is 0 Å². The third-order valence-corrected chi connectivity index (χ3v) is 15.7. The van der Waals surface area contributed by atoms with Crippen molar-refractivity contribution in [3.05, 3.63) is 85.1 Å². The summed E-state index contributed by atoms with van der Waals surface area (Å²) in [7, 11) is 0. The average molecular weight is 1210 g/mol. The van der Waals surface area contributed by atoms with E-state index in [4.69, 9.17) is 28.4 Å². The van der Waals surface area contributed by atoms with E-state index in [1.54, 1.807) is 6.08 Å². The molecular formula is C66H113NO18. The molecule has 0 aromatic carbocycles. The fourth-order valence-electron chi connectivity index (χ4n) is 10.4. The number of ether oxygens (including phenoxy) is 6. The SMILES string of the molecule is CC/C=C\C/C=C\C/C=C\C/C=C\C/C=C\CCCCCCCC(=O)NC(COC1OC(CO)C(OC2OC(CO)C(OC3OC(CO)C(O)C(O)C3O)C(O)C2O)C(O)C1O)C(O)/C=C/CC/C=C/CCCCCCCCCCCCCCC. The number of unbranched alkanes of at least 4 members (excludes halogenated alkanes) is 19. The summed E-state index contributed by atoms with van der Waals surface area (Å²) in [6.07, 6.45) is 32.7. The van der Waals surface area contributed by atoms with Gasteiger partial charge in [0, 0.05) is 6.42 Å². The Kier molecular flexibility index (Phi) is 43.0. The van der Waals surface area contributed by atoms with Crippen LogP contribution in [0.1, 0.15) is 194 Å². The second-order valence-electron chi connectivity index (χ2n) is 22.8. The molecule has 3 aliphatic rings. The molecule has 17 atom stereocenters. The molecule has 19 nitrogen and oxygen atoms in total. The van der Waals surface area contributed by atoms with Crippen molar-refractivity contribution in [2.75, 3.05) is 26.4 Å². The third kappa shape index (κ3) is 30.8. The van der Waals surface area contributed by atoms with Crippen molar-refractivity contribution in [2.24, 2.45) is 0 Å². The van der Waals surface area contributed by atoms with E-state index in [9.17, 15) is 61.0 Å². The Hall–Kier alpha value is -3.03. The normalized spacial score (nSPS) is 29.5. The fraction of sp³-hybridized carbons (Fsp3) is 0.773. The molecule has 0 aromatic heterocycles. The van der Waals surface area contributed by atoms with E-state index in [-0.39, 0.29) is 18.9 Å². The predicted molar refractivity (Wildman–Crippen MR) is 328 cm³/mol. The van der Waals surface area contributed by atoms with Crippen molar-refractivity contribution in [3.8, 4) is 0 Å². The van der Waals surface area contributed by atoms with Gasteiger partial charge in [0.05, 0.1) is 38.6 Å². The third-order valence-electron chi connectivity index (χ3n) is 15.7. The van der Waals surface area contributed by atoms with Crippen LogP contribution < -0.4 is 5.32 Å². The molecule has 0 radical (unpaired) electrons. The first-order chi connectivity index (χ1) is 41.3. The molecule has 85 heavy (non-hydrogen) atoms. The largest absolute Gasteiger partial charge is 0.394 e. The summed E-state index contributed by atoms with van der Waals surface area (Å²) < 4.78 is 34.3. The number of hydrogen-bond donors (Lipinski definition) is 12. The lowest BCUT2D eigenvalue weighted by molar-refractivity contribution is -0.379. The Balaban J connectivity index is 1.50. The first-order valence-electron chi connectivity index (χ1n) is 32.3. The van der Waals surface area contributed by atoms with E-state index in [2.05, 4.69) is 92.1 Å². The lowest BCUT2D eigenvalue weighted by Gasteiger charge is -2.48. The van der Waals surface area contributed by atoms with Crippen molar-refractivity contribution < 1.29 is 89.4 Å². The van der Waals surface area contributed by atoms with Gasteiger partial charge in [-0.2, -0.15) is 0 Å². The summed E-state index contributed by atoms with van der Waals surface area (Å²) in [6.45, 7) is 1.57. The second-order valence-corrected chi connectivity index (χ2v) is 22.8. The highest BCUT2D eigenvalue weighted by molar-refractivity contribution is 5.76. The Labute approximate surface area is 508 Å². The van der Waals surface area contributed by atoms with E-state index >= 15 is 0 Å². The number of nitrogens with one attached hydrogen (secondary N) is 1. The van der Waals surface area contributed by atoms with E-state index in [1.807, 2.05) is 6.08 Å². The lowest BCUT2D eigenvalue weighted by Crippen LogP contribution is -2.66. The molecule has 3 heterocycles. The minimum Gasteiger partial charge on any atom is -0.394 e. The van der Waals surface area contributed by atoms with E-state index in [1.165, 1.54) is 77.0 Å². The zero-order valence-corrected chi connectivity index (χ0v) is 51.3. The summed E-state index contributed by atoms with van der Waals surface area (Å²) >= 11 is 0. The number of aliphatic hydroxyl groups is 11. The van der Waals surface area contributed by atoms with E-state index in [0.29, 0.717) is 12.8 Å². The highest BCUT2D eigenvalue weighted by Crippen LogP contribution is 2.33. The second kappa shape index (κ2) is 47.9. The summed E-state index contributed by atoms with van der Waals surface area (Å²) in [5, 5.41) is 120. The zero-order valence-electron chi connectivity index (χ0n) is 51.3. The first kappa shape index (κ1) is 76.2. The van der Waals surface area contributed by atoms with Gasteiger partial charge >= 0.3 is 0 Å². The van der Waals surface area contributed by atoms with Crippen LogP contribution in [0.2, 0.25) is 0 Å². The summed E-state index contributed by atoms with van der Waals surface area (Å²) in [6, 6.07) is -1.01. The van der Waals surface area contributed by atoms with Crippen LogP contribution in [-0.4, -0.2) is 193 Å². The van der Waals surface area contributed by atoms with Crippen LogP contribution in [0.5, 0.6) is 0 Å². The quantitative estimate of drug-likeness (QED) is 0.0213. The number of rotatable bonds is 47. The first-order valence-corrected chi connectivity index (χ1v) is 32.3. The number of carbonyl (C=O) groups excluding carboxylic acids is 1. The maximum Gasteiger partial charge on any atom is 0.220 e. The maximum absolute atomic E-state index is 13.4. The molecule has 0 saturated carbocycles. The molecule has 3 aliphatic heterocycles. The van der Waals surface area contributed by atoms with Gasteiger partial charge in [-0.1, -0.05) is 195 Å². The van der Waals surface area contributed by atoms with E-state index < -0.39 is 124 Å². The highest BCUT2D eigenvalue weighted by atomic mass is 16.8. The fourth-order valence-corrected chi connectivity index (χ4v) is 10.4. The topological polar surface area (TPSA) is 307 Å². The van der Waals surface area contributed by atoms with Crippen LogP contribution in [0.15, 0.2) is 85.1 Å². The van der Waals surface area contributed by atoms with Crippen LogP contribution in [0.4, 0.5) is 0 Å². The van der Waals surface area contributed by atoms with Crippen molar-refractivity contribution in [1.29, 1.82) is 0 Å². The van der Waals surface area contributed by atoms with Gasteiger partial charge in [0.15, 0.2) is 18.9 Å². The molecule has 0 bridgehead atoms. The molecular weight excluding hydrogens is 1090 g/mol. The molecule has 17 unspecified atom stereocenters. The summed E-state index contributed by atoms with van der Waals surface area (Å²) in [5.74, 6) is -0.307. The van der Waals surface area contributed by atoms with Crippen molar-refractivity contribution >= 4 is 5.91 Å². The maximum atomic E-state index is 13.4. The van der Waals surface area contributed by atoms with Crippen LogP contribution in [0.25, 0.3) is 0 Å².